The smallest absolute Gasteiger partial charge is 0.191 e. The Morgan fingerprint density at radius 3 is 2.50 bits per heavy atom. The van der Waals surface area contributed by atoms with Gasteiger partial charge in [0.1, 0.15) is 0 Å². The van der Waals surface area contributed by atoms with Crippen LogP contribution in [0.3, 0.4) is 0 Å². The van der Waals surface area contributed by atoms with E-state index in [-0.39, 0.29) is 24.0 Å². The monoisotopic (exact) mass is 201 g/mol. The lowest BCUT2D eigenvalue weighted by Gasteiger charge is -1.74. The Morgan fingerprint density at radius 2 is 2.33 bits per heavy atom. The molecule has 1 aliphatic heterocycles. The molecule has 0 atom stereocenters. The molecule has 0 unspecified atom stereocenters. The minimum atomic E-state index is 0. The number of halogens is 1. The van der Waals surface area contributed by atoms with E-state index < -0.39 is 0 Å². The van der Waals surface area contributed by atoms with Crippen LogP contribution in [-0.2, 0) is 9.88 Å². The van der Waals surface area contributed by atoms with Crippen molar-refractivity contribution in [3.63, 3.8) is 0 Å². The summed E-state index contributed by atoms with van der Waals surface area (Å²) >= 11 is 0. The maximum atomic E-state index is 4.21. The molecule has 1 rings (SSSR count). The molecule has 6 heavy (non-hydrogen) atoms. The number of rotatable bonds is 0. The molecule has 0 amide bonds. The summed E-state index contributed by atoms with van der Waals surface area (Å²) in [6.07, 6.45) is 3.12. The summed E-state index contributed by atoms with van der Waals surface area (Å²) in [4.78, 5) is 8.42. The summed E-state index contributed by atoms with van der Waals surface area (Å²) in [6.45, 7) is 0. The van der Waals surface area contributed by atoms with Gasteiger partial charge in [-0.1, -0.05) is 0 Å². The third kappa shape index (κ3) is 1.58. The van der Waals surface area contributed by atoms with Gasteiger partial charge in [0, 0.05) is 4.99 Å². The molecule has 36 valence electrons. The lowest BCUT2D eigenvalue weighted by atomic mass is 11.0. The Morgan fingerprint density at radius 1 is 1.50 bits per heavy atom. The molecular formula is C2H4INO2. The second kappa shape index (κ2) is 3.38. The number of hydroxylamine groups is 1. The fraction of sp³-hybridized carbons (Fsp3) is 0. The highest BCUT2D eigenvalue weighted by molar-refractivity contribution is 4.52. The Hall–Kier alpha value is 0.190. The predicted molar refractivity (Wildman–Crippen MR) is 13.2 cm³/mol. The second-order valence-corrected chi connectivity index (χ2v) is 0.657. The first-order valence-corrected chi connectivity index (χ1v) is 1.30. The molecule has 0 aromatic carbocycles. The van der Waals surface area contributed by atoms with Gasteiger partial charge in [0.05, 0.1) is 0 Å². The summed E-state index contributed by atoms with van der Waals surface area (Å²) in [6, 6.07) is 0. The van der Waals surface area contributed by atoms with E-state index in [0.717, 1.165) is 0 Å². The van der Waals surface area contributed by atoms with Crippen molar-refractivity contribution in [2.45, 2.75) is 0 Å². The van der Waals surface area contributed by atoms with E-state index in [2.05, 4.69) is 9.88 Å². The molecule has 0 aliphatic carbocycles. The molecular weight excluding hydrogens is 197 g/mol. The highest BCUT2D eigenvalue weighted by atomic mass is 127. The van der Waals surface area contributed by atoms with Gasteiger partial charge in [-0.25, -0.2) is 0 Å². The van der Waals surface area contributed by atoms with Crippen molar-refractivity contribution in [2.24, 2.45) is 0 Å². The molecule has 4 heteroatoms. The normalized spacial score (nSPS) is 16.0. The number of nitrogens with two attached hydrogens (primary N) is 1. The average Bonchev–Trinajstić information content (AvgIpc) is 1.76. The van der Waals surface area contributed by atoms with E-state index in [9.17, 15) is 0 Å². The average molecular weight is 201 g/mol. The number of hydrogen-bond acceptors (Lipinski definition) is 2. The molecule has 0 aromatic rings. The minimum Gasteiger partial charge on any atom is -1.00 e. The van der Waals surface area contributed by atoms with Crippen LogP contribution in [-0.4, -0.2) is 0 Å². The van der Waals surface area contributed by atoms with E-state index in [1.807, 2.05) is 0 Å². The number of hydrogen-bond donors (Lipinski definition) is 1. The molecule has 0 radical (unpaired) electrons. The van der Waals surface area contributed by atoms with Crippen LogP contribution >= 0.6 is 0 Å². The zero-order valence-electron chi connectivity index (χ0n) is 2.93. The van der Waals surface area contributed by atoms with Crippen LogP contribution in [0, 0.1) is 0 Å². The van der Waals surface area contributed by atoms with Crippen molar-refractivity contribution in [2.75, 3.05) is 0 Å². The van der Waals surface area contributed by atoms with Crippen molar-refractivity contribution in [1.29, 1.82) is 0 Å². The maximum absolute atomic E-state index is 4.21. The van der Waals surface area contributed by atoms with Gasteiger partial charge in [-0.15, -0.1) is 5.48 Å². The standard InChI is InChI=1S/C2H3NO2.HI/c1-2-4-5-3-1;/h1-3H;1H. The van der Waals surface area contributed by atoms with E-state index >= 15 is 0 Å². The Bertz CT molecular complexity index is 49.5. The third-order valence-corrected chi connectivity index (χ3v) is 0.324. The van der Waals surface area contributed by atoms with Gasteiger partial charge < -0.3 is 24.0 Å². The first-order chi connectivity index (χ1) is 2.50. The van der Waals surface area contributed by atoms with Crippen molar-refractivity contribution < 1.29 is 39.3 Å². The maximum Gasteiger partial charge on any atom is 0.191 e. The first-order valence-electron chi connectivity index (χ1n) is 1.30. The third-order valence-electron chi connectivity index (χ3n) is 0.324. The summed E-state index contributed by atoms with van der Waals surface area (Å²) < 4.78 is 0. The lowest BCUT2D eigenvalue weighted by molar-refractivity contribution is -0.906. The molecule has 0 saturated carbocycles. The SMILES string of the molecule is C1=COO[NH2+]1.[I-]. The predicted octanol–water partition coefficient (Wildman–Crippen LogP) is -4.10. The Balaban J connectivity index is 0.000000250. The van der Waals surface area contributed by atoms with E-state index in [1.165, 1.54) is 11.7 Å². The fourth-order valence-corrected chi connectivity index (χ4v) is 0.160. The van der Waals surface area contributed by atoms with Crippen molar-refractivity contribution >= 4 is 0 Å². The quantitative estimate of drug-likeness (QED) is 0.319. The van der Waals surface area contributed by atoms with Crippen LogP contribution in [0.4, 0.5) is 0 Å². The van der Waals surface area contributed by atoms with Crippen molar-refractivity contribution in [1.82, 2.24) is 0 Å². The summed E-state index contributed by atoms with van der Waals surface area (Å²) in [5, 5.41) is 0. The van der Waals surface area contributed by atoms with Crippen LogP contribution in [0.2, 0.25) is 0 Å². The fourth-order valence-electron chi connectivity index (χ4n) is 0.160. The molecule has 0 saturated heterocycles. The van der Waals surface area contributed by atoms with Crippen LogP contribution in [0.5, 0.6) is 0 Å². The van der Waals surface area contributed by atoms with Gasteiger partial charge in [-0.2, -0.15) is 0 Å². The van der Waals surface area contributed by atoms with E-state index in [4.69, 9.17) is 0 Å². The molecule has 0 fully saturated rings. The molecule has 1 heterocycles. The summed E-state index contributed by atoms with van der Waals surface area (Å²) in [5.74, 6) is 0. The Kier molecular flexibility index (Phi) is 3.49. The molecule has 1 aliphatic rings. The lowest BCUT2D eigenvalue weighted by Crippen LogP contribution is -3.00. The topological polar surface area (TPSA) is 35.1 Å². The van der Waals surface area contributed by atoms with Gasteiger partial charge in [-0.3, -0.25) is 4.89 Å². The van der Waals surface area contributed by atoms with Crippen LogP contribution in [0.25, 0.3) is 0 Å². The largest absolute Gasteiger partial charge is 1.00 e. The second-order valence-electron chi connectivity index (χ2n) is 0.657. The van der Waals surface area contributed by atoms with E-state index in [0.29, 0.717) is 0 Å². The van der Waals surface area contributed by atoms with Crippen LogP contribution in [0.1, 0.15) is 0 Å². The zero-order valence-corrected chi connectivity index (χ0v) is 5.08. The van der Waals surface area contributed by atoms with Crippen molar-refractivity contribution in [3.05, 3.63) is 12.5 Å². The molecule has 3 nitrogen and oxygen atoms in total. The highest BCUT2D eigenvalue weighted by Gasteiger charge is 1.88. The molecule has 0 spiro atoms. The van der Waals surface area contributed by atoms with Gasteiger partial charge in [-0.05, 0) is 0 Å². The minimum absolute atomic E-state index is 0. The van der Waals surface area contributed by atoms with Crippen LogP contribution < -0.4 is 29.5 Å². The summed E-state index contributed by atoms with van der Waals surface area (Å²) in [7, 11) is 0. The highest BCUT2D eigenvalue weighted by Crippen LogP contribution is 1.70. The number of quaternary nitrogens is 1. The van der Waals surface area contributed by atoms with E-state index in [1.54, 1.807) is 6.20 Å². The van der Waals surface area contributed by atoms with Gasteiger partial charge in [0.25, 0.3) is 0 Å². The van der Waals surface area contributed by atoms with Gasteiger partial charge >= 0.3 is 0 Å². The van der Waals surface area contributed by atoms with Crippen LogP contribution in [0.15, 0.2) is 12.5 Å². The first kappa shape index (κ1) is 6.19. The molecule has 2 N–H and O–H groups in total. The van der Waals surface area contributed by atoms with Crippen molar-refractivity contribution in [3.8, 4) is 0 Å². The van der Waals surface area contributed by atoms with Gasteiger partial charge in [0.2, 0.25) is 0 Å². The summed E-state index contributed by atoms with van der Waals surface area (Å²) in [5.41, 5.74) is 1.46. The molecule has 0 aromatic heterocycles. The van der Waals surface area contributed by atoms with Gasteiger partial charge in [0.15, 0.2) is 12.5 Å². The Labute approximate surface area is 52.2 Å². The molecule has 0 bridgehead atoms. The zero-order chi connectivity index (χ0) is 3.54.